The molecule has 1 aromatic heterocycles. The Labute approximate surface area is 146 Å². The molecule has 1 atom stereocenters. The van der Waals surface area contributed by atoms with Gasteiger partial charge in [0.1, 0.15) is 12.0 Å². The van der Waals surface area contributed by atoms with Gasteiger partial charge in [0.25, 0.3) is 0 Å². The molecular weight excluding hydrogens is 323 g/mol. The van der Waals surface area contributed by atoms with Crippen molar-refractivity contribution in [2.75, 3.05) is 19.6 Å². The molecule has 6 heteroatoms. The number of amidine groups is 1. The first-order valence-corrected chi connectivity index (χ1v) is 9.15. The minimum absolute atomic E-state index is 0.411. The lowest BCUT2D eigenvalue weighted by molar-refractivity contribution is 0.196. The number of thiazole rings is 1. The second kappa shape index (κ2) is 7.75. The van der Waals surface area contributed by atoms with Gasteiger partial charge in [-0.05, 0) is 18.9 Å². The standard InChI is InChI=1S/C18H23FN4S/c1-3-20-16(23-11-5-6-14(19)12-23)7-4-8-17-22-15-9-10-21-13(2)18(15)24-17/h3-4,7,14,21H,1-2,5-6,8-12H2/b7-4-,20-16?. The molecule has 2 aliphatic rings. The SMILES string of the molecule is C=CN=C(/C=C\Cc1nc2c(s1)C(=C)NCC2)N1CCCC(F)C1. The number of nitrogens with one attached hydrogen (secondary N) is 1. The number of nitrogens with zero attached hydrogens (tertiary/aromatic N) is 3. The van der Waals surface area contributed by atoms with Gasteiger partial charge in [0.2, 0.25) is 0 Å². The monoisotopic (exact) mass is 346 g/mol. The second-order valence-corrected chi connectivity index (χ2v) is 7.08. The van der Waals surface area contributed by atoms with E-state index in [1.807, 2.05) is 17.1 Å². The number of fused-ring (bicyclic) bond motifs is 1. The van der Waals surface area contributed by atoms with Crippen molar-refractivity contribution in [2.24, 2.45) is 4.99 Å². The number of rotatable bonds is 4. The summed E-state index contributed by atoms with van der Waals surface area (Å²) in [6, 6.07) is 0. The highest BCUT2D eigenvalue weighted by molar-refractivity contribution is 7.12. The Hall–Kier alpha value is -1.95. The lowest BCUT2D eigenvalue weighted by atomic mass is 10.1. The van der Waals surface area contributed by atoms with E-state index in [4.69, 9.17) is 4.98 Å². The van der Waals surface area contributed by atoms with Crippen LogP contribution in [0.5, 0.6) is 0 Å². The Morgan fingerprint density at radius 3 is 3.17 bits per heavy atom. The van der Waals surface area contributed by atoms with Gasteiger partial charge in [-0.1, -0.05) is 19.2 Å². The van der Waals surface area contributed by atoms with Gasteiger partial charge < -0.3 is 10.2 Å². The van der Waals surface area contributed by atoms with Crippen molar-refractivity contribution >= 4 is 22.9 Å². The zero-order valence-corrected chi connectivity index (χ0v) is 14.6. The fourth-order valence-corrected chi connectivity index (χ4v) is 4.06. The highest BCUT2D eigenvalue weighted by atomic mass is 32.1. The minimum atomic E-state index is -0.772. The molecule has 3 rings (SSSR count). The van der Waals surface area contributed by atoms with E-state index in [1.54, 1.807) is 11.3 Å². The lowest BCUT2D eigenvalue weighted by Gasteiger charge is -2.30. The normalized spacial score (nSPS) is 21.7. The predicted molar refractivity (Wildman–Crippen MR) is 99.0 cm³/mol. The largest absolute Gasteiger partial charge is 0.384 e. The third-order valence-electron chi connectivity index (χ3n) is 4.19. The lowest BCUT2D eigenvalue weighted by Crippen LogP contribution is -2.39. The molecule has 1 N–H and O–H groups in total. The molecule has 1 fully saturated rings. The van der Waals surface area contributed by atoms with E-state index in [0.717, 1.165) is 54.6 Å². The molecule has 4 nitrogen and oxygen atoms in total. The van der Waals surface area contributed by atoms with Gasteiger partial charge in [-0.3, -0.25) is 0 Å². The van der Waals surface area contributed by atoms with Crippen LogP contribution >= 0.6 is 11.3 Å². The summed E-state index contributed by atoms with van der Waals surface area (Å²) in [5, 5.41) is 4.35. The van der Waals surface area contributed by atoms with Crippen molar-refractivity contribution in [3.05, 3.63) is 47.1 Å². The Morgan fingerprint density at radius 1 is 1.54 bits per heavy atom. The molecule has 128 valence electrons. The van der Waals surface area contributed by atoms with Crippen LogP contribution in [0.3, 0.4) is 0 Å². The molecule has 24 heavy (non-hydrogen) atoms. The molecular formula is C18H23FN4S. The molecule has 0 bridgehead atoms. The second-order valence-electron chi connectivity index (χ2n) is 6.00. The van der Waals surface area contributed by atoms with Crippen molar-refractivity contribution in [1.29, 1.82) is 0 Å². The van der Waals surface area contributed by atoms with Crippen molar-refractivity contribution in [1.82, 2.24) is 15.2 Å². The Kier molecular flexibility index (Phi) is 5.45. The van der Waals surface area contributed by atoms with Gasteiger partial charge in [0.15, 0.2) is 0 Å². The summed E-state index contributed by atoms with van der Waals surface area (Å²) in [5.74, 6) is 0.778. The number of halogens is 1. The van der Waals surface area contributed by atoms with E-state index in [-0.39, 0.29) is 0 Å². The fraction of sp³-hybridized carbons (Fsp3) is 0.444. The van der Waals surface area contributed by atoms with Crippen molar-refractivity contribution in [3.8, 4) is 0 Å². The van der Waals surface area contributed by atoms with E-state index in [0.29, 0.717) is 13.0 Å². The van der Waals surface area contributed by atoms with Crippen LogP contribution in [0.2, 0.25) is 0 Å². The van der Waals surface area contributed by atoms with Crippen LogP contribution in [0, 0.1) is 0 Å². The summed E-state index contributed by atoms with van der Waals surface area (Å²) < 4.78 is 13.6. The van der Waals surface area contributed by atoms with Gasteiger partial charge in [-0.15, -0.1) is 11.3 Å². The molecule has 1 aromatic rings. The first kappa shape index (κ1) is 16.9. The number of hydrogen-bond acceptors (Lipinski definition) is 4. The van der Waals surface area contributed by atoms with Crippen molar-refractivity contribution in [2.45, 2.75) is 31.9 Å². The van der Waals surface area contributed by atoms with Crippen LogP contribution < -0.4 is 5.32 Å². The highest BCUT2D eigenvalue weighted by Gasteiger charge is 2.20. The molecule has 0 radical (unpaired) electrons. The number of aliphatic imine (C=N–C) groups is 1. The van der Waals surface area contributed by atoms with Gasteiger partial charge >= 0.3 is 0 Å². The van der Waals surface area contributed by atoms with E-state index in [1.165, 1.54) is 11.1 Å². The summed E-state index contributed by atoms with van der Waals surface area (Å²) in [6.07, 6.45) is 7.93. The summed E-state index contributed by atoms with van der Waals surface area (Å²) in [5.41, 5.74) is 2.11. The fourth-order valence-electron chi connectivity index (χ4n) is 3.03. The van der Waals surface area contributed by atoms with E-state index >= 15 is 0 Å². The van der Waals surface area contributed by atoms with Crippen LogP contribution in [-0.4, -0.2) is 41.5 Å². The molecule has 1 unspecified atom stereocenters. The molecule has 0 spiro atoms. The van der Waals surface area contributed by atoms with Gasteiger partial charge in [-0.2, -0.15) is 0 Å². The maximum atomic E-state index is 13.6. The van der Waals surface area contributed by atoms with Gasteiger partial charge in [0, 0.05) is 37.8 Å². The third kappa shape index (κ3) is 3.93. The topological polar surface area (TPSA) is 40.5 Å². The average molecular weight is 346 g/mol. The first-order valence-electron chi connectivity index (χ1n) is 8.33. The molecule has 0 aliphatic carbocycles. The van der Waals surface area contributed by atoms with Crippen LogP contribution in [0.4, 0.5) is 4.39 Å². The molecule has 1 saturated heterocycles. The van der Waals surface area contributed by atoms with E-state index < -0.39 is 6.17 Å². The maximum Gasteiger partial charge on any atom is 0.128 e. The minimum Gasteiger partial charge on any atom is -0.384 e. The van der Waals surface area contributed by atoms with Crippen molar-refractivity contribution in [3.63, 3.8) is 0 Å². The zero-order chi connectivity index (χ0) is 16.9. The average Bonchev–Trinajstić information content (AvgIpc) is 2.98. The Bertz CT molecular complexity index is 677. The first-order chi connectivity index (χ1) is 11.7. The predicted octanol–water partition coefficient (Wildman–Crippen LogP) is 3.33. The van der Waals surface area contributed by atoms with Crippen LogP contribution in [0.15, 0.2) is 36.5 Å². The summed E-state index contributed by atoms with van der Waals surface area (Å²) in [7, 11) is 0. The molecule has 0 saturated carbocycles. The number of piperidine rings is 1. The summed E-state index contributed by atoms with van der Waals surface area (Å²) >= 11 is 1.69. The van der Waals surface area contributed by atoms with Gasteiger partial charge in [-0.25, -0.2) is 14.4 Å². The maximum absolute atomic E-state index is 13.6. The third-order valence-corrected chi connectivity index (χ3v) is 5.37. The number of alkyl halides is 1. The van der Waals surface area contributed by atoms with E-state index in [9.17, 15) is 4.39 Å². The molecule has 3 heterocycles. The number of aromatic nitrogens is 1. The zero-order valence-electron chi connectivity index (χ0n) is 13.8. The Morgan fingerprint density at radius 2 is 2.42 bits per heavy atom. The molecule has 0 aromatic carbocycles. The smallest absolute Gasteiger partial charge is 0.128 e. The summed E-state index contributed by atoms with van der Waals surface area (Å²) in [6.45, 7) is 9.86. The van der Waals surface area contributed by atoms with Crippen molar-refractivity contribution < 1.29 is 4.39 Å². The van der Waals surface area contributed by atoms with Gasteiger partial charge in [0.05, 0.1) is 22.1 Å². The van der Waals surface area contributed by atoms with Crippen LogP contribution in [-0.2, 0) is 12.8 Å². The highest BCUT2D eigenvalue weighted by Crippen LogP contribution is 2.27. The van der Waals surface area contributed by atoms with Crippen LogP contribution in [0.25, 0.3) is 5.70 Å². The number of hydrogen-bond donors (Lipinski definition) is 1. The number of likely N-dealkylation sites (tertiary alicyclic amines) is 1. The number of allylic oxidation sites excluding steroid dienone is 1. The quantitative estimate of drug-likeness (QED) is 0.671. The van der Waals surface area contributed by atoms with Crippen LogP contribution in [0.1, 0.15) is 28.4 Å². The Balaban J connectivity index is 1.66. The van der Waals surface area contributed by atoms with E-state index in [2.05, 4.69) is 23.5 Å². The molecule has 0 amide bonds. The molecule has 2 aliphatic heterocycles. The summed E-state index contributed by atoms with van der Waals surface area (Å²) in [4.78, 5) is 12.2.